The van der Waals surface area contributed by atoms with Crippen molar-refractivity contribution in [2.45, 2.75) is 32.9 Å². The van der Waals surface area contributed by atoms with Crippen LogP contribution >= 0.6 is 24.0 Å². The summed E-state index contributed by atoms with van der Waals surface area (Å²) in [4.78, 5) is 23.0. The van der Waals surface area contributed by atoms with Gasteiger partial charge in [-0.2, -0.15) is 0 Å². The number of para-hydroxylation sites is 1. The predicted molar refractivity (Wildman–Crippen MR) is 126 cm³/mol. The maximum Gasteiger partial charge on any atom is 0.229 e. The molecular formula is C21H28IN5O2. The van der Waals surface area contributed by atoms with E-state index in [9.17, 15) is 4.79 Å². The molecule has 3 rings (SSSR count). The van der Waals surface area contributed by atoms with E-state index in [0.29, 0.717) is 25.5 Å². The Morgan fingerprint density at radius 2 is 2.03 bits per heavy atom. The highest BCUT2D eigenvalue weighted by Gasteiger charge is 2.31. The van der Waals surface area contributed by atoms with Crippen LogP contribution in [-0.2, 0) is 11.3 Å². The van der Waals surface area contributed by atoms with Gasteiger partial charge in [-0.1, -0.05) is 18.2 Å². The van der Waals surface area contributed by atoms with Gasteiger partial charge in [0.15, 0.2) is 5.96 Å². The van der Waals surface area contributed by atoms with Gasteiger partial charge in [-0.3, -0.25) is 14.8 Å². The minimum atomic E-state index is 0. The van der Waals surface area contributed by atoms with Gasteiger partial charge in [0.05, 0.1) is 25.4 Å². The molecule has 1 aliphatic heterocycles. The van der Waals surface area contributed by atoms with Crippen molar-refractivity contribution in [2.24, 2.45) is 4.99 Å². The van der Waals surface area contributed by atoms with Gasteiger partial charge in [0.2, 0.25) is 5.91 Å². The molecule has 156 valence electrons. The smallest absolute Gasteiger partial charge is 0.229 e. The van der Waals surface area contributed by atoms with Crippen molar-refractivity contribution in [1.29, 1.82) is 0 Å². The fraction of sp³-hybridized carbons (Fsp3) is 0.381. The second-order valence-corrected chi connectivity index (χ2v) is 6.86. The molecule has 2 aromatic rings. The van der Waals surface area contributed by atoms with Crippen LogP contribution in [0.3, 0.4) is 0 Å². The summed E-state index contributed by atoms with van der Waals surface area (Å²) in [6.07, 6.45) is 2.25. The summed E-state index contributed by atoms with van der Waals surface area (Å²) >= 11 is 0. The van der Waals surface area contributed by atoms with E-state index in [-0.39, 0.29) is 35.9 Å². The first-order valence-electron chi connectivity index (χ1n) is 9.35. The quantitative estimate of drug-likeness (QED) is 0.368. The molecule has 0 spiro atoms. The van der Waals surface area contributed by atoms with Crippen molar-refractivity contribution in [3.8, 4) is 5.75 Å². The minimum Gasteiger partial charge on any atom is -0.496 e. The first-order chi connectivity index (χ1) is 13.5. The van der Waals surface area contributed by atoms with E-state index in [4.69, 9.17) is 4.74 Å². The number of ether oxygens (including phenoxy) is 1. The number of carbonyl (C=O) groups excluding carboxylic acids is 1. The van der Waals surface area contributed by atoms with E-state index in [1.165, 1.54) is 0 Å². The zero-order chi connectivity index (χ0) is 20.1. The Labute approximate surface area is 189 Å². The lowest BCUT2D eigenvalue weighted by atomic mass is 10.1. The summed E-state index contributed by atoms with van der Waals surface area (Å²) in [6.45, 7) is 5.11. The number of halogens is 1. The Kier molecular flexibility index (Phi) is 8.24. The average Bonchev–Trinajstić information content (AvgIpc) is 3.07. The molecule has 2 N–H and O–H groups in total. The maximum atomic E-state index is 12.4. The summed E-state index contributed by atoms with van der Waals surface area (Å²) in [6, 6.07) is 9.73. The highest BCUT2D eigenvalue weighted by atomic mass is 127. The van der Waals surface area contributed by atoms with E-state index < -0.39 is 0 Å². The van der Waals surface area contributed by atoms with Crippen molar-refractivity contribution in [1.82, 2.24) is 15.6 Å². The van der Waals surface area contributed by atoms with Crippen LogP contribution in [0.15, 0.2) is 41.5 Å². The number of hydrogen-bond donors (Lipinski definition) is 2. The number of hydrogen-bond acceptors (Lipinski definition) is 4. The molecule has 0 radical (unpaired) electrons. The largest absolute Gasteiger partial charge is 0.496 e. The van der Waals surface area contributed by atoms with Crippen LogP contribution in [0.4, 0.5) is 5.69 Å². The summed E-state index contributed by atoms with van der Waals surface area (Å²) in [5.74, 6) is 1.61. The zero-order valence-electron chi connectivity index (χ0n) is 17.2. The molecule has 1 atom stereocenters. The number of nitrogens with zero attached hydrogens (tertiary/aromatic N) is 3. The van der Waals surface area contributed by atoms with Crippen LogP contribution in [-0.4, -0.2) is 43.6 Å². The Balaban J connectivity index is 0.00000300. The lowest BCUT2D eigenvalue weighted by Crippen LogP contribution is -2.44. The first-order valence-corrected chi connectivity index (χ1v) is 9.35. The predicted octanol–water partition coefficient (Wildman–Crippen LogP) is 2.80. The fourth-order valence-electron chi connectivity index (χ4n) is 3.47. The van der Waals surface area contributed by atoms with E-state index in [1.807, 2.05) is 55.3 Å². The molecule has 0 aliphatic carbocycles. The van der Waals surface area contributed by atoms with Crippen molar-refractivity contribution < 1.29 is 9.53 Å². The monoisotopic (exact) mass is 509 g/mol. The Bertz CT molecular complexity index is 873. The van der Waals surface area contributed by atoms with Gasteiger partial charge in [-0.05, 0) is 26.0 Å². The van der Waals surface area contributed by atoms with Crippen LogP contribution < -0.4 is 20.3 Å². The lowest BCUT2D eigenvalue weighted by Gasteiger charge is -2.19. The standard InChI is InChI=1S/C21H27N5O2.HI/c1-14-11-23-18(15(2)20(14)28-4)12-24-21(22-3)25-16-10-19(27)26(13-16)17-8-6-5-7-9-17;/h5-9,11,16H,10,12-13H2,1-4H3,(H2,22,24,25);1H. The van der Waals surface area contributed by atoms with Crippen LogP contribution in [0.1, 0.15) is 23.2 Å². The van der Waals surface area contributed by atoms with Crippen molar-refractivity contribution >= 4 is 41.5 Å². The second kappa shape index (κ2) is 10.4. The molecule has 7 nitrogen and oxygen atoms in total. The van der Waals surface area contributed by atoms with Crippen molar-refractivity contribution in [3.05, 3.63) is 53.3 Å². The minimum absolute atomic E-state index is 0. The van der Waals surface area contributed by atoms with Gasteiger partial charge in [0, 0.05) is 43.0 Å². The molecule has 1 aromatic heterocycles. The van der Waals surface area contributed by atoms with Gasteiger partial charge in [-0.25, -0.2) is 0 Å². The zero-order valence-corrected chi connectivity index (χ0v) is 19.6. The highest BCUT2D eigenvalue weighted by Crippen LogP contribution is 2.24. The van der Waals surface area contributed by atoms with Crippen LogP contribution in [0.5, 0.6) is 5.75 Å². The van der Waals surface area contributed by atoms with E-state index in [1.54, 1.807) is 14.2 Å². The maximum absolute atomic E-state index is 12.4. The molecule has 2 heterocycles. The van der Waals surface area contributed by atoms with Crippen molar-refractivity contribution in [3.63, 3.8) is 0 Å². The topological polar surface area (TPSA) is 78.9 Å². The second-order valence-electron chi connectivity index (χ2n) is 6.86. The molecule has 1 aliphatic rings. The molecule has 1 unspecified atom stereocenters. The highest BCUT2D eigenvalue weighted by molar-refractivity contribution is 14.0. The number of aliphatic imine (C=N–C) groups is 1. The van der Waals surface area contributed by atoms with Gasteiger partial charge in [0.25, 0.3) is 0 Å². The first kappa shape index (κ1) is 22.9. The molecule has 1 fully saturated rings. The Morgan fingerprint density at radius 3 is 2.69 bits per heavy atom. The molecule has 0 saturated carbocycles. The van der Waals surface area contributed by atoms with Gasteiger partial charge < -0.3 is 20.3 Å². The number of aryl methyl sites for hydroxylation is 1. The third kappa shape index (κ3) is 5.37. The van der Waals surface area contributed by atoms with Gasteiger partial charge in [0.1, 0.15) is 5.75 Å². The van der Waals surface area contributed by atoms with Crippen LogP contribution in [0.2, 0.25) is 0 Å². The molecule has 1 amide bonds. The van der Waals surface area contributed by atoms with Crippen molar-refractivity contribution in [2.75, 3.05) is 25.6 Å². The van der Waals surface area contributed by atoms with Gasteiger partial charge >= 0.3 is 0 Å². The lowest BCUT2D eigenvalue weighted by molar-refractivity contribution is -0.117. The Morgan fingerprint density at radius 1 is 1.31 bits per heavy atom. The molecule has 8 heteroatoms. The molecule has 0 bridgehead atoms. The number of aromatic nitrogens is 1. The number of anilines is 1. The van der Waals surface area contributed by atoms with E-state index in [0.717, 1.165) is 28.3 Å². The van der Waals surface area contributed by atoms with Crippen LogP contribution in [0.25, 0.3) is 0 Å². The number of pyridine rings is 1. The van der Waals surface area contributed by atoms with E-state index >= 15 is 0 Å². The number of methoxy groups -OCH3 is 1. The number of carbonyl (C=O) groups is 1. The summed E-state index contributed by atoms with van der Waals surface area (Å²) in [5.41, 5.74) is 3.85. The molecule has 1 saturated heterocycles. The average molecular weight is 509 g/mol. The molecular weight excluding hydrogens is 481 g/mol. The fourth-order valence-corrected chi connectivity index (χ4v) is 3.47. The van der Waals surface area contributed by atoms with E-state index in [2.05, 4.69) is 20.6 Å². The number of benzene rings is 1. The SMILES string of the molecule is CN=C(NCc1ncc(C)c(OC)c1C)NC1CC(=O)N(c2ccccc2)C1.I. The summed E-state index contributed by atoms with van der Waals surface area (Å²) in [5, 5.41) is 6.63. The number of amides is 1. The molecule has 29 heavy (non-hydrogen) atoms. The summed E-state index contributed by atoms with van der Waals surface area (Å²) < 4.78 is 5.47. The van der Waals surface area contributed by atoms with Gasteiger partial charge in [-0.15, -0.1) is 24.0 Å². The number of nitrogens with one attached hydrogen (secondary N) is 2. The third-order valence-electron chi connectivity index (χ3n) is 4.93. The van der Waals surface area contributed by atoms with Crippen LogP contribution in [0, 0.1) is 13.8 Å². The number of guanidine groups is 1. The number of rotatable bonds is 5. The normalized spacial score (nSPS) is 16.4. The third-order valence-corrected chi connectivity index (χ3v) is 4.93. The molecule has 1 aromatic carbocycles. The summed E-state index contributed by atoms with van der Waals surface area (Å²) in [7, 11) is 3.39. The Hall–Kier alpha value is -2.36.